The van der Waals surface area contributed by atoms with Crippen LogP contribution in [0.1, 0.15) is 18.4 Å². The van der Waals surface area contributed by atoms with Gasteiger partial charge < -0.3 is 10.6 Å². The lowest BCUT2D eigenvalue weighted by Gasteiger charge is -2.18. The predicted octanol–water partition coefficient (Wildman–Crippen LogP) is 1.91. The van der Waals surface area contributed by atoms with E-state index in [0.29, 0.717) is 37.2 Å². The maximum Gasteiger partial charge on any atom is 0.292 e. The molecule has 0 atom stereocenters. The van der Waals surface area contributed by atoms with Crippen molar-refractivity contribution in [2.75, 3.05) is 17.2 Å². The topological polar surface area (TPSA) is 84.3 Å². The Morgan fingerprint density at radius 3 is 2.95 bits per heavy atom. The van der Waals surface area contributed by atoms with E-state index in [2.05, 4.69) is 16.6 Å². The van der Waals surface area contributed by atoms with Crippen LogP contribution in [0, 0.1) is 22.5 Å². The Morgan fingerprint density at radius 1 is 1.47 bits per heavy atom. The van der Waals surface area contributed by atoms with Gasteiger partial charge in [-0.05, 0) is 18.1 Å². The molecule has 1 aromatic rings. The van der Waals surface area contributed by atoms with Crippen molar-refractivity contribution >= 4 is 23.0 Å². The number of hydrogen-bond donors (Lipinski definition) is 2. The first-order chi connectivity index (χ1) is 9.11. The number of rotatable bonds is 4. The molecule has 6 nitrogen and oxygen atoms in total. The molecule has 98 valence electrons. The summed E-state index contributed by atoms with van der Waals surface area (Å²) >= 11 is 0. The molecule has 2 rings (SSSR count). The number of carbonyl (C=O) groups excluding carboxylic acids is 1. The minimum Gasteiger partial charge on any atom is -0.378 e. The van der Waals surface area contributed by atoms with E-state index in [9.17, 15) is 14.9 Å². The van der Waals surface area contributed by atoms with Gasteiger partial charge in [0.05, 0.1) is 4.92 Å². The van der Waals surface area contributed by atoms with E-state index in [1.807, 2.05) is 0 Å². The highest BCUT2D eigenvalue weighted by Gasteiger charge is 2.22. The number of benzene rings is 1. The lowest BCUT2D eigenvalue weighted by Crippen LogP contribution is -2.19. The molecule has 1 aliphatic rings. The Balaban J connectivity index is 2.34. The van der Waals surface area contributed by atoms with Gasteiger partial charge in [0.25, 0.3) is 5.69 Å². The van der Waals surface area contributed by atoms with Crippen molar-refractivity contribution in [2.45, 2.75) is 19.3 Å². The van der Waals surface area contributed by atoms with Crippen molar-refractivity contribution in [1.29, 1.82) is 0 Å². The number of aryl methyl sites for hydroxylation is 1. The molecule has 1 heterocycles. The van der Waals surface area contributed by atoms with Gasteiger partial charge in [-0.3, -0.25) is 14.9 Å². The second-order valence-corrected chi connectivity index (χ2v) is 4.21. The van der Waals surface area contributed by atoms with Crippen molar-refractivity contribution in [3.63, 3.8) is 0 Å². The number of hydrogen-bond acceptors (Lipinski definition) is 4. The molecule has 0 fully saturated rings. The van der Waals surface area contributed by atoms with Crippen molar-refractivity contribution in [1.82, 2.24) is 0 Å². The first-order valence-corrected chi connectivity index (χ1v) is 5.90. The zero-order chi connectivity index (χ0) is 13.8. The summed E-state index contributed by atoms with van der Waals surface area (Å²) in [4.78, 5) is 21.9. The van der Waals surface area contributed by atoms with Crippen LogP contribution in [0.3, 0.4) is 0 Å². The standard InChI is InChI=1S/C13H13N3O3/c1-2-3-6-14-11-8-10-9(4-5-13(17)15-10)7-12(11)16(18)19/h1,7-8,14H,3-6H2,(H,15,17). The van der Waals surface area contributed by atoms with E-state index in [4.69, 9.17) is 6.42 Å². The lowest BCUT2D eigenvalue weighted by molar-refractivity contribution is -0.384. The van der Waals surface area contributed by atoms with Crippen molar-refractivity contribution < 1.29 is 9.72 Å². The van der Waals surface area contributed by atoms with Crippen LogP contribution in [0.4, 0.5) is 17.1 Å². The van der Waals surface area contributed by atoms with E-state index >= 15 is 0 Å². The number of amides is 1. The number of nitrogens with one attached hydrogen (secondary N) is 2. The van der Waals surface area contributed by atoms with Crippen LogP contribution in [0.2, 0.25) is 0 Å². The highest BCUT2D eigenvalue weighted by Crippen LogP contribution is 2.33. The average molecular weight is 259 g/mol. The van der Waals surface area contributed by atoms with Crippen molar-refractivity contribution in [2.24, 2.45) is 0 Å². The molecular weight excluding hydrogens is 246 g/mol. The molecule has 0 saturated heterocycles. The van der Waals surface area contributed by atoms with Crippen molar-refractivity contribution in [3.8, 4) is 12.3 Å². The zero-order valence-corrected chi connectivity index (χ0v) is 10.2. The Hall–Kier alpha value is -2.55. The van der Waals surface area contributed by atoms with E-state index < -0.39 is 4.92 Å². The van der Waals surface area contributed by atoms with Gasteiger partial charge in [0.2, 0.25) is 5.91 Å². The molecule has 2 N–H and O–H groups in total. The van der Waals surface area contributed by atoms with E-state index in [1.165, 1.54) is 6.07 Å². The summed E-state index contributed by atoms with van der Waals surface area (Å²) in [7, 11) is 0. The first-order valence-electron chi connectivity index (χ1n) is 5.90. The van der Waals surface area contributed by atoms with E-state index in [0.717, 1.165) is 5.56 Å². The second-order valence-electron chi connectivity index (χ2n) is 4.21. The summed E-state index contributed by atoms with van der Waals surface area (Å²) in [6, 6.07) is 3.11. The van der Waals surface area contributed by atoms with Crippen LogP contribution < -0.4 is 10.6 Å². The quantitative estimate of drug-likeness (QED) is 0.374. The Labute approximate surface area is 110 Å². The van der Waals surface area contributed by atoms with Gasteiger partial charge >= 0.3 is 0 Å². The molecule has 0 aromatic heterocycles. The van der Waals surface area contributed by atoms with Gasteiger partial charge in [-0.1, -0.05) is 0 Å². The Morgan fingerprint density at radius 2 is 2.26 bits per heavy atom. The normalized spacial score (nSPS) is 13.1. The van der Waals surface area contributed by atoms with Crippen LogP contribution >= 0.6 is 0 Å². The van der Waals surface area contributed by atoms with Gasteiger partial charge in [0.1, 0.15) is 5.69 Å². The van der Waals surface area contributed by atoms with Crippen LogP contribution in [-0.4, -0.2) is 17.4 Å². The molecule has 1 amide bonds. The molecule has 0 saturated carbocycles. The predicted molar refractivity (Wildman–Crippen MR) is 72.0 cm³/mol. The Bertz CT molecular complexity index is 575. The first kappa shape index (κ1) is 12.9. The molecule has 6 heteroatoms. The minimum atomic E-state index is -0.436. The Kier molecular flexibility index (Phi) is 3.66. The third-order valence-electron chi connectivity index (χ3n) is 2.90. The van der Waals surface area contributed by atoms with Gasteiger partial charge in [0.15, 0.2) is 0 Å². The van der Waals surface area contributed by atoms with Crippen molar-refractivity contribution in [3.05, 3.63) is 27.8 Å². The SMILES string of the molecule is C#CCCNc1cc2c(cc1[N+](=O)[O-])CCC(=O)N2. The molecule has 19 heavy (non-hydrogen) atoms. The van der Waals surface area contributed by atoms with Gasteiger partial charge in [0, 0.05) is 31.1 Å². The number of anilines is 2. The van der Waals surface area contributed by atoms with Gasteiger partial charge in [-0.2, -0.15) is 0 Å². The molecule has 1 aliphatic heterocycles. The monoisotopic (exact) mass is 259 g/mol. The largest absolute Gasteiger partial charge is 0.378 e. The maximum atomic E-state index is 11.3. The molecule has 0 bridgehead atoms. The number of fused-ring (bicyclic) bond motifs is 1. The average Bonchev–Trinajstić information content (AvgIpc) is 2.37. The number of nitro groups is 1. The highest BCUT2D eigenvalue weighted by molar-refractivity contribution is 5.95. The summed E-state index contributed by atoms with van der Waals surface area (Å²) < 4.78 is 0. The fourth-order valence-corrected chi connectivity index (χ4v) is 1.98. The molecule has 0 unspecified atom stereocenters. The fourth-order valence-electron chi connectivity index (χ4n) is 1.98. The van der Waals surface area contributed by atoms with Crippen LogP contribution in [0.25, 0.3) is 0 Å². The third-order valence-corrected chi connectivity index (χ3v) is 2.90. The van der Waals surface area contributed by atoms with Crippen LogP contribution in [0.5, 0.6) is 0 Å². The third kappa shape index (κ3) is 2.83. The van der Waals surface area contributed by atoms with Gasteiger partial charge in [-0.25, -0.2) is 0 Å². The molecule has 0 spiro atoms. The molecular formula is C13H13N3O3. The highest BCUT2D eigenvalue weighted by atomic mass is 16.6. The van der Waals surface area contributed by atoms with E-state index in [1.54, 1.807) is 6.07 Å². The minimum absolute atomic E-state index is 0.00641. The van der Waals surface area contributed by atoms with Gasteiger partial charge in [-0.15, -0.1) is 12.3 Å². The van der Waals surface area contributed by atoms with Crippen LogP contribution in [0.15, 0.2) is 12.1 Å². The molecule has 0 aliphatic carbocycles. The second kappa shape index (κ2) is 5.40. The summed E-state index contributed by atoms with van der Waals surface area (Å²) in [6.07, 6.45) is 6.49. The summed E-state index contributed by atoms with van der Waals surface area (Å²) in [5.74, 6) is 2.38. The van der Waals surface area contributed by atoms with Crippen LogP contribution in [-0.2, 0) is 11.2 Å². The maximum absolute atomic E-state index is 11.3. The smallest absolute Gasteiger partial charge is 0.292 e. The summed E-state index contributed by atoms with van der Waals surface area (Å²) in [5, 5.41) is 16.7. The summed E-state index contributed by atoms with van der Waals surface area (Å²) in [5.41, 5.74) is 1.80. The summed E-state index contributed by atoms with van der Waals surface area (Å²) in [6.45, 7) is 0.448. The molecule has 0 radical (unpaired) electrons. The number of carbonyl (C=O) groups is 1. The fraction of sp³-hybridized carbons (Fsp3) is 0.308. The number of terminal acetylenes is 1. The van der Waals surface area contributed by atoms with E-state index in [-0.39, 0.29) is 11.6 Å². The number of nitrogens with zero attached hydrogens (tertiary/aromatic N) is 1. The molecule has 1 aromatic carbocycles. The zero-order valence-electron chi connectivity index (χ0n) is 10.2. The number of nitro benzene ring substituents is 1. The lowest BCUT2D eigenvalue weighted by atomic mass is 10.0.